The Bertz CT molecular complexity index is 1030. The van der Waals surface area contributed by atoms with Gasteiger partial charge in [-0.1, -0.05) is 6.92 Å². The van der Waals surface area contributed by atoms with E-state index in [-0.39, 0.29) is 12.1 Å². The summed E-state index contributed by atoms with van der Waals surface area (Å²) < 4.78 is 70.9. The number of rotatable bonds is 9. The summed E-state index contributed by atoms with van der Waals surface area (Å²) >= 11 is 0. The third kappa shape index (κ3) is 7.11. The molecule has 2 rings (SSSR count). The molecule has 2 N–H and O–H groups in total. The average Bonchev–Trinajstić information content (AvgIpc) is 2.66. The van der Waals surface area contributed by atoms with Crippen molar-refractivity contribution in [3.63, 3.8) is 0 Å². The first-order valence-electron chi connectivity index (χ1n) is 8.93. The van der Waals surface area contributed by atoms with E-state index < -0.39 is 39.1 Å². The molecular formula is C20H21F3N2O4S. The lowest BCUT2D eigenvalue weighted by molar-refractivity contribution is -0.116. The van der Waals surface area contributed by atoms with Gasteiger partial charge in [0.15, 0.2) is 11.6 Å². The highest BCUT2D eigenvalue weighted by Gasteiger charge is 2.15. The van der Waals surface area contributed by atoms with Crippen LogP contribution in [0.3, 0.4) is 0 Å². The molecule has 0 radical (unpaired) electrons. The van der Waals surface area contributed by atoms with Crippen LogP contribution in [0, 0.1) is 17.5 Å². The molecule has 0 bridgehead atoms. The molecule has 0 atom stereocenters. The zero-order valence-corrected chi connectivity index (χ0v) is 17.2. The number of halogens is 3. The van der Waals surface area contributed by atoms with Crippen molar-refractivity contribution in [3.05, 3.63) is 65.0 Å². The monoisotopic (exact) mass is 442 g/mol. The van der Waals surface area contributed by atoms with E-state index in [1.807, 2.05) is 6.92 Å². The van der Waals surface area contributed by atoms with Gasteiger partial charge in [0.05, 0.1) is 12.9 Å². The molecule has 1 amide bonds. The molecule has 2 aromatic rings. The Balaban J connectivity index is 2.05. The van der Waals surface area contributed by atoms with Crippen LogP contribution in [0.25, 0.3) is 6.08 Å². The molecule has 0 unspecified atom stereocenters. The molecule has 0 spiro atoms. The number of ether oxygens (including phenoxy) is 1. The number of benzene rings is 2. The third-order valence-corrected chi connectivity index (χ3v) is 4.28. The van der Waals surface area contributed by atoms with Gasteiger partial charge in [0, 0.05) is 24.3 Å². The second-order valence-electron chi connectivity index (χ2n) is 6.39. The van der Waals surface area contributed by atoms with E-state index in [1.165, 1.54) is 30.4 Å². The van der Waals surface area contributed by atoms with Crippen molar-refractivity contribution >= 4 is 27.7 Å². The van der Waals surface area contributed by atoms with Crippen LogP contribution in [0.2, 0.25) is 0 Å². The van der Waals surface area contributed by atoms with E-state index in [0.717, 1.165) is 24.8 Å². The second-order valence-corrected chi connectivity index (χ2v) is 8.14. The summed E-state index contributed by atoms with van der Waals surface area (Å²) in [5, 5.41) is 2.45. The summed E-state index contributed by atoms with van der Waals surface area (Å²) in [4.78, 5) is 12.0. The normalized spacial score (nSPS) is 11.5. The maximum absolute atomic E-state index is 14.0. The molecule has 0 saturated carbocycles. The van der Waals surface area contributed by atoms with Crippen LogP contribution in [0.1, 0.15) is 24.5 Å². The van der Waals surface area contributed by atoms with Gasteiger partial charge in [0.25, 0.3) is 0 Å². The molecule has 162 valence electrons. The number of sulfonamides is 1. The van der Waals surface area contributed by atoms with E-state index in [4.69, 9.17) is 4.74 Å². The highest BCUT2D eigenvalue weighted by Crippen LogP contribution is 2.23. The van der Waals surface area contributed by atoms with Crippen molar-refractivity contribution in [2.75, 3.05) is 17.6 Å². The predicted molar refractivity (Wildman–Crippen MR) is 108 cm³/mol. The lowest BCUT2D eigenvalue weighted by atomic mass is 10.1. The highest BCUT2D eigenvalue weighted by molar-refractivity contribution is 7.92. The van der Waals surface area contributed by atoms with Crippen LogP contribution in [-0.2, 0) is 21.4 Å². The first-order chi connectivity index (χ1) is 14.1. The smallest absolute Gasteiger partial charge is 0.244 e. The van der Waals surface area contributed by atoms with Crippen molar-refractivity contribution in [1.29, 1.82) is 0 Å². The fourth-order valence-corrected chi connectivity index (χ4v) is 2.97. The zero-order chi connectivity index (χ0) is 22.3. The Morgan fingerprint density at radius 1 is 1.13 bits per heavy atom. The first kappa shape index (κ1) is 23.3. The van der Waals surface area contributed by atoms with Crippen LogP contribution in [0.15, 0.2) is 36.4 Å². The average molecular weight is 442 g/mol. The van der Waals surface area contributed by atoms with Gasteiger partial charge >= 0.3 is 0 Å². The van der Waals surface area contributed by atoms with Crippen molar-refractivity contribution in [3.8, 4) is 5.75 Å². The van der Waals surface area contributed by atoms with E-state index >= 15 is 0 Å². The maximum Gasteiger partial charge on any atom is 0.244 e. The van der Waals surface area contributed by atoms with Gasteiger partial charge in [-0.05, 0) is 42.3 Å². The van der Waals surface area contributed by atoms with Crippen LogP contribution < -0.4 is 14.8 Å². The molecule has 2 aromatic carbocycles. The summed E-state index contributed by atoms with van der Waals surface area (Å²) in [5.74, 6) is -2.95. The molecule has 0 fully saturated rings. The molecule has 30 heavy (non-hydrogen) atoms. The molecule has 0 aliphatic rings. The molecule has 10 heteroatoms. The Morgan fingerprint density at radius 2 is 1.80 bits per heavy atom. The SMILES string of the molecule is CCCOc1cc(F)ccc1C=CC(=O)NCc1cc(F)c(NS(C)(=O)=O)c(F)c1. The molecular weight excluding hydrogens is 421 g/mol. The second kappa shape index (κ2) is 10.1. The van der Waals surface area contributed by atoms with Crippen molar-refractivity contribution in [1.82, 2.24) is 5.32 Å². The van der Waals surface area contributed by atoms with E-state index in [9.17, 15) is 26.4 Å². The minimum atomic E-state index is -3.85. The minimum Gasteiger partial charge on any atom is -0.493 e. The number of carbonyl (C=O) groups is 1. The topological polar surface area (TPSA) is 84.5 Å². The van der Waals surface area contributed by atoms with Gasteiger partial charge < -0.3 is 10.1 Å². The van der Waals surface area contributed by atoms with Crippen molar-refractivity contribution in [2.24, 2.45) is 0 Å². The number of hydrogen-bond donors (Lipinski definition) is 2. The summed E-state index contributed by atoms with van der Waals surface area (Å²) in [6, 6.07) is 5.73. The lowest BCUT2D eigenvalue weighted by Gasteiger charge is -2.10. The van der Waals surface area contributed by atoms with Crippen LogP contribution in [-0.4, -0.2) is 27.2 Å². The molecule has 0 aromatic heterocycles. The number of amides is 1. The largest absolute Gasteiger partial charge is 0.493 e. The van der Waals surface area contributed by atoms with E-state index in [0.29, 0.717) is 17.9 Å². The van der Waals surface area contributed by atoms with Gasteiger partial charge in [-0.2, -0.15) is 0 Å². The van der Waals surface area contributed by atoms with Gasteiger partial charge in [0.1, 0.15) is 17.3 Å². The Labute approximate surface area is 172 Å². The number of carbonyl (C=O) groups excluding carboxylic acids is 1. The van der Waals surface area contributed by atoms with Crippen molar-refractivity contribution < 1.29 is 31.1 Å². The highest BCUT2D eigenvalue weighted by atomic mass is 32.2. The van der Waals surface area contributed by atoms with Crippen molar-refractivity contribution in [2.45, 2.75) is 19.9 Å². The van der Waals surface area contributed by atoms with Crippen LogP contribution in [0.5, 0.6) is 5.75 Å². The molecule has 6 nitrogen and oxygen atoms in total. The first-order valence-corrected chi connectivity index (χ1v) is 10.8. The van der Waals surface area contributed by atoms with Crippen LogP contribution >= 0.6 is 0 Å². The van der Waals surface area contributed by atoms with Gasteiger partial charge in [-0.25, -0.2) is 21.6 Å². The maximum atomic E-state index is 14.0. The molecule has 0 saturated heterocycles. The number of anilines is 1. The quantitative estimate of drug-likeness (QED) is 0.582. The standard InChI is InChI=1S/C20H21F3N2O4S/c1-3-8-29-18-11-15(21)6-4-14(18)5-7-19(26)24-12-13-9-16(22)20(17(23)10-13)25-30(2,27)28/h4-7,9-11,25H,3,8,12H2,1-2H3,(H,24,26). The Morgan fingerprint density at radius 3 is 2.40 bits per heavy atom. The fraction of sp³-hybridized carbons (Fsp3) is 0.250. The zero-order valence-electron chi connectivity index (χ0n) is 16.3. The lowest BCUT2D eigenvalue weighted by Crippen LogP contribution is -2.21. The summed E-state index contributed by atoms with van der Waals surface area (Å²) in [7, 11) is -3.85. The summed E-state index contributed by atoms with van der Waals surface area (Å²) in [5.41, 5.74) is -0.198. The van der Waals surface area contributed by atoms with Gasteiger partial charge in [-0.15, -0.1) is 0 Å². The Hall–Kier alpha value is -3.01. The third-order valence-electron chi connectivity index (χ3n) is 3.71. The van der Waals surface area contributed by atoms with E-state index in [1.54, 1.807) is 4.72 Å². The molecule has 0 aliphatic carbocycles. The Kier molecular flexibility index (Phi) is 7.87. The summed E-state index contributed by atoms with van der Waals surface area (Å²) in [6.45, 7) is 2.09. The number of hydrogen-bond acceptors (Lipinski definition) is 4. The number of nitrogens with one attached hydrogen (secondary N) is 2. The minimum absolute atomic E-state index is 0.0968. The fourth-order valence-electron chi connectivity index (χ4n) is 2.41. The van der Waals surface area contributed by atoms with Gasteiger partial charge in [0.2, 0.25) is 15.9 Å². The van der Waals surface area contributed by atoms with Crippen LogP contribution in [0.4, 0.5) is 18.9 Å². The molecule has 0 heterocycles. The van der Waals surface area contributed by atoms with E-state index in [2.05, 4.69) is 5.32 Å². The predicted octanol–water partition coefficient (Wildman–Crippen LogP) is 3.59. The summed E-state index contributed by atoms with van der Waals surface area (Å²) in [6.07, 6.45) is 4.11. The molecule has 0 aliphatic heterocycles. The van der Waals surface area contributed by atoms with Gasteiger partial charge in [-0.3, -0.25) is 9.52 Å².